The number of hydrogen-bond donors (Lipinski definition) is 1. The summed E-state index contributed by atoms with van der Waals surface area (Å²) < 4.78 is 6.26. The van der Waals surface area contributed by atoms with Crippen molar-refractivity contribution >= 4 is 39.3 Å². The zero-order valence-electron chi connectivity index (χ0n) is 13.7. The molecule has 8 heteroatoms. The lowest BCUT2D eigenvalue weighted by molar-refractivity contribution is -0.113. The van der Waals surface area contributed by atoms with Crippen LogP contribution in [-0.2, 0) is 4.79 Å². The van der Waals surface area contributed by atoms with E-state index in [-0.39, 0.29) is 11.7 Å². The van der Waals surface area contributed by atoms with Crippen LogP contribution < -0.4 is 5.32 Å². The first-order valence-corrected chi connectivity index (χ1v) is 9.93. The number of hydrogen-bond acceptors (Lipinski definition) is 6. The van der Waals surface area contributed by atoms with Gasteiger partial charge in [0.1, 0.15) is 0 Å². The summed E-state index contributed by atoms with van der Waals surface area (Å²) in [5.41, 5.74) is 1.57. The van der Waals surface area contributed by atoms with Gasteiger partial charge in [0.25, 0.3) is 5.89 Å². The lowest BCUT2D eigenvalue weighted by Crippen LogP contribution is -2.14. The fourth-order valence-electron chi connectivity index (χ4n) is 2.38. The van der Waals surface area contributed by atoms with Gasteiger partial charge < -0.3 is 9.84 Å². The van der Waals surface area contributed by atoms with Gasteiger partial charge >= 0.3 is 0 Å². The Morgan fingerprint density at radius 2 is 2.19 bits per heavy atom. The van der Waals surface area contributed by atoms with Gasteiger partial charge in [-0.05, 0) is 43.2 Å². The molecular weight excluding hydrogens is 416 g/mol. The Balaban J connectivity index is 1.38. The van der Waals surface area contributed by atoms with E-state index in [9.17, 15) is 4.79 Å². The maximum atomic E-state index is 12.1. The number of nitrogens with one attached hydrogen (secondary N) is 1. The number of thioether (sulfide) groups is 1. The van der Waals surface area contributed by atoms with Crippen LogP contribution in [0.15, 0.2) is 56.6 Å². The molecule has 0 saturated heterocycles. The summed E-state index contributed by atoms with van der Waals surface area (Å²) in [5.74, 6) is 1.90. The molecule has 1 fully saturated rings. The maximum Gasteiger partial charge on any atom is 0.258 e. The third-order valence-corrected chi connectivity index (χ3v) is 5.24. The number of pyridine rings is 1. The zero-order chi connectivity index (χ0) is 17.9. The van der Waals surface area contributed by atoms with E-state index in [1.165, 1.54) is 11.8 Å². The maximum absolute atomic E-state index is 12.1. The van der Waals surface area contributed by atoms with Crippen molar-refractivity contribution in [1.82, 2.24) is 15.1 Å². The van der Waals surface area contributed by atoms with E-state index in [1.54, 1.807) is 6.20 Å². The van der Waals surface area contributed by atoms with Crippen LogP contribution in [0.1, 0.15) is 24.6 Å². The Kier molecular flexibility index (Phi) is 5.03. The van der Waals surface area contributed by atoms with Crippen molar-refractivity contribution in [1.29, 1.82) is 0 Å². The molecule has 1 amide bonds. The van der Waals surface area contributed by atoms with E-state index in [0.29, 0.717) is 11.8 Å². The Hall–Kier alpha value is -2.19. The van der Waals surface area contributed by atoms with Crippen LogP contribution in [0.3, 0.4) is 0 Å². The summed E-state index contributed by atoms with van der Waals surface area (Å²) in [6, 6.07) is 11.2. The topological polar surface area (TPSA) is 80.9 Å². The summed E-state index contributed by atoms with van der Waals surface area (Å²) in [6.45, 7) is 0. The normalized spacial score (nSPS) is 13.6. The van der Waals surface area contributed by atoms with E-state index in [0.717, 1.165) is 39.4 Å². The van der Waals surface area contributed by atoms with E-state index >= 15 is 0 Å². The minimum absolute atomic E-state index is 0.0888. The number of carbonyl (C=O) groups excluding carboxylic acids is 1. The van der Waals surface area contributed by atoms with Crippen LogP contribution in [0, 0.1) is 0 Å². The van der Waals surface area contributed by atoms with Crippen molar-refractivity contribution in [2.45, 2.75) is 23.8 Å². The quantitative estimate of drug-likeness (QED) is 0.579. The molecule has 2 aromatic heterocycles. The molecule has 1 aliphatic rings. The van der Waals surface area contributed by atoms with Crippen LogP contribution in [-0.4, -0.2) is 26.8 Å². The first-order chi connectivity index (χ1) is 12.7. The van der Waals surface area contributed by atoms with Crippen LogP contribution >= 0.6 is 27.7 Å². The molecule has 132 valence electrons. The fraction of sp³-hybridized carbons (Fsp3) is 0.222. The van der Waals surface area contributed by atoms with Crippen molar-refractivity contribution in [3.05, 3.63) is 52.9 Å². The Morgan fingerprint density at radius 1 is 1.31 bits per heavy atom. The predicted octanol–water partition coefficient (Wildman–Crippen LogP) is 4.50. The number of anilines is 1. The van der Waals surface area contributed by atoms with Gasteiger partial charge in [0.2, 0.25) is 5.91 Å². The van der Waals surface area contributed by atoms with Crippen molar-refractivity contribution < 1.29 is 9.32 Å². The number of carbonyl (C=O) groups is 1. The van der Waals surface area contributed by atoms with Crippen LogP contribution in [0.5, 0.6) is 0 Å². The van der Waals surface area contributed by atoms with Gasteiger partial charge in [0, 0.05) is 27.8 Å². The predicted molar refractivity (Wildman–Crippen MR) is 103 cm³/mol. The number of rotatable bonds is 6. The fourth-order valence-corrected chi connectivity index (χ4v) is 3.48. The third kappa shape index (κ3) is 4.31. The van der Waals surface area contributed by atoms with E-state index < -0.39 is 0 Å². The molecule has 2 heterocycles. The number of halogens is 1. The lowest BCUT2D eigenvalue weighted by Gasteiger charge is -2.05. The summed E-state index contributed by atoms with van der Waals surface area (Å²) in [4.78, 5) is 20.9. The van der Waals surface area contributed by atoms with E-state index in [4.69, 9.17) is 4.52 Å². The van der Waals surface area contributed by atoms with Crippen LogP contribution in [0.2, 0.25) is 0 Å². The van der Waals surface area contributed by atoms with Gasteiger partial charge in [-0.15, -0.1) is 0 Å². The number of nitrogens with zero attached hydrogens (tertiary/aromatic N) is 3. The Bertz CT molecular complexity index is 942. The van der Waals surface area contributed by atoms with Crippen molar-refractivity contribution in [2.75, 3.05) is 11.1 Å². The monoisotopic (exact) mass is 430 g/mol. The highest BCUT2D eigenvalue weighted by Crippen LogP contribution is 2.39. The third-order valence-electron chi connectivity index (χ3n) is 3.83. The van der Waals surface area contributed by atoms with Gasteiger partial charge in [-0.3, -0.25) is 4.79 Å². The molecule has 1 saturated carbocycles. The summed E-state index contributed by atoms with van der Waals surface area (Å²) in [6.07, 6.45) is 3.94. The second kappa shape index (κ2) is 7.59. The van der Waals surface area contributed by atoms with Crippen LogP contribution in [0.4, 0.5) is 5.69 Å². The van der Waals surface area contributed by atoms with Gasteiger partial charge in [0.05, 0.1) is 10.8 Å². The first-order valence-electron chi connectivity index (χ1n) is 8.15. The molecule has 6 nitrogen and oxygen atoms in total. The minimum Gasteiger partial charge on any atom is -0.334 e. The highest BCUT2D eigenvalue weighted by atomic mass is 79.9. The molecule has 4 rings (SSSR count). The zero-order valence-corrected chi connectivity index (χ0v) is 16.1. The second-order valence-electron chi connectivity index (χ2n) is 5.96. The molecule has 0 radical (unpaired) electrons. The molecule has 0 unspecified atom stereocenters. The smallest absolute Gasteiger partial charge is 0.258 e. The molecule has 0 atom stereocenters. The highest BCUT2D eigenvalue weighted by Gasteiger charge is 2.29. The average molecular weight is 431 g/mol. The van der Waals surface area contributed by atoms with Crippen LogP contribution in [0.25, 0.3) is 11.5 Å². The summed E-state index contributed by atoms with van der Waals surface area (Å²) in [7, 11) is 0. The Morgan fingerprint density at radius 3 is 3.00 bits per heavy atom. The molecule has 0 aliphatic heterocycles. The van der Waals surface area contributed by atoms with E-state index in [2.05, 4.69) is 36.4 Å². The van der Waals surface area contributed by atoms with Crippen molar-refractivity contribution in [3.8, 4) is 11.5 Å². The molecule has 0 spiro atoms. The molecule has 26 heavy (non-hydrogen) atoms. The SMILES string of the molecule is O=C(CSc1cc(-c2nc(C3CC3)no2)ccn1)Nc1cccc(Br)c1. The first kappa shape index (κ1) is 17.2. The standard InChI is InChI=1S/C18H15BrN4O2S/c19-13-2-1-3-14(9-13)21-15(24)10-26-16-8-12(6-7-20-16)18-22-17(23-25-18)11-4-5-11/h1-3,6-9,11H,4-5,10H2,(H,21,24). The van der Waals surface area contributed by atoms with Crippen molar-refractivity contribution in [2.24, 2.45) is 0 Å². The average Bonchev–Trinajstić information content (AvgIpc) is 3.37. The summed E-state index contributed by atoms with van der Waals surface area (Å²) >= 11 is 4.75. The Labute approximate surface area is 162 Å². The van der Waals surface area contributed by atoms with Gasteiger partial charge in [-0.2, -0.15) is 4.98 Å². The molecule has 1 aliphatic carbocycles. The highest BCUT2D eigenvalue weighted by molar-refractivity contribution is 9.10. The molecule has 1 aromatic carbocycles. The lowest BCUT2D eigenvalue weighted by atomic mass is 10.3. The second-order valence-corrected chi connectivity index (χ2v) is 7.87. The minimum atomic E-state index is -0.0888. The van der Waals surface area contributed by atoms with E-state index in [1.807, 2.05) is 36.4 Å². The van der Waals surface area contributed by atoms with Crippen molar-refractivity contribution in [3.63, 3.8) is 0 Å². The molecule has 3 aromatic rings. The molecule has 0 bridgehead atoms. The van der Waals surface area contributed by atoms with Gasteiger partial charge in [-0.1, -0.05) is 38.9 Å². The van der Waals surface area contributed by atoms with Gasteiger partial charge in [-0.25, -0.2) is 4.98 Å². The van der Waals surface area contributed by atoms with Gasteiger partial charge in [0.15, 0.2) is 5.82 Å². The number of benzene rings is 1. The molecular formula is C18H15BrN4O2S. The molecule has 1 N–H and O–H groups in total. The number of aromatic nitrogens is 3. The summed E-state index contributed by atoms with van der Waals surface area (Å²) in [5, 5.41) is 7.63. The number of amides is 1. The largest absolute Gasteiger partial charge is 0.334 e.